The van der Waals surface area contributed by atoms with Gasteiger partial charge < -0.3 is 9.47 Å². The minimum absolute atomic E-state index is 0.100. The number of sulfonamides is 1. The van der Waals surface area contributed by atoms with Crippen molar-refractivity contribution in [2.24, 2.45) is 4.99 Å². The molecule has 1 atom stereocenters. The van der Waals surface area contributed by atoms with E-state index < -0.39 is 64.2 Å². The zero-order valence-corrected chi connectivity index (χ0v) is 28.4. The second-order valence-electron chi connectivity index (χ2n) is 13.1. The molecule has 45 heavy (non-hydrogen) atoms. The van der Waals surface area contributed by atoms with E-state index in [0.717, 1.165) is 39.7 Å². The zero-order valence-electron chi connectivity index (χ0n) is 26.6. The van der Waals surface area contributed by atoms with Gasteiger partial charge in [-0.15, -0.1) is 0 Å². The molecule has 0 aliphatic carbocycles. The molecule has 0 bridgehead atoms. The highest BCUT2D eigenvalue weighted by atomic mass is 32.2. The van der Waals surface area contributed by atoms with E-state index in [0.29, 0.717) is 6.61 Å². The molecule has 1 aromatic heterocycles. The quantitative estimate of drug-likeness (QED) is 0.190. The number of nitrogens with zero attached hydrogens (tertiary/aromatic N) is 5. The summed E-state index contributed by atoms with van der Waals surface area (Å²) in [7, 11) is -4.45. The number of benzene rings is 1. The van der Waals surface area contributed by atoms with Crippen LogP contribution in [0.25, 0.3) is 11.9 Å². The Morgan fingerprint density at radius 2 is 1.89 bits per heavy atom. The molecule has 0 spiro atoms. The summed E-state index contributed by atoms with van der Waals surface area (Å²) in [6.45, 7) is 12.7. The lowest BCUT2D eigenvalue weighted by Gasteiger charge is -2.39. The molecule has 1 aromatic carbocycles. The number of rotatable bonds is 8. The second-order valence-corrected chi connectivity index (χ2v) is 20.7. The van der Waals surface area contributed by atoms with Gasteiger partial charge in [0.2, 0.25) is 16.0 Å². The largest absolute Gasteiger partial charge is 0.443 e. The fourth-order valence-corrected chi connectivity index (χ4v) is 6.49. The zero-order chi connectivity index (χ0) is 34.0. The van der Waals surface area contributed by atoms with E-state index in [-0.39, 0.29) is 29.4 Å². The van der Waals surface area contributed by atoms with Crippen LogP contribution in [0.15, 0.2) is 35.5 Å². The number of nitriles is 1. The minimum Gasteiger partial charge on any atom is -0.443 e. The maximum atomic E-state index is 15.4. The van der Waals surface area contributed by atoms with E-state index in [1.165, 1.54) is 26.1 Å². The monoisotopic (exact) mass is 665 g/mol. The standard InChI is InChI=1S/C30H38F3N5O5SSi/c1-29(2,3)43-28(39)38(19-42-11-12-45(6,7)8)27-36-30(4,18-44(40,41)37(27)5)22-13-20(9-10-23(22)31)14-25(33)26-15-24(32)21(16-34)17-35-26/h9-10,13-15,17H,11-12,18-19H2,1-8H3/b25-14-/t30-/m0/s1. The van der Waals surface area contributed by atoms with E-state index in [1.807, 2.05) is 0 Å². The van der Waals surface area contributed by atoms with Crippen molar-refractivity contribution in [2.75, 3.05) is 26.1 Å². The number of aliphatic imine (C=N–C) groups is 1. The van der Waals surface area contributed by atoms with Crippen molar-refractivity contribution in [3.8, 4) is 6.07 Å². The van der Waals surface area contributed by atoms with Crippen molar-refractivity contribution in [3.05, 3.63) is 64.5 Å². The van der Waals surface area contributed by atoms with Crippen LogP contribution in [0.2, 0.25) is 25.7 Å². The van der Waals surface area contributed by atoms with Crippen LogP contribution in [0.1, 0.15) is 50.1 Å². The third-order valence-corrected chi connectivity index (χ3v) is 10.3. The molecule has 2 heterocycles. The predicted octanol–water partition coefficient (Wildman–Crippen LogP) is 6.09. The highest BCUT2D eigenvalue weighted by Crippen LogP contribution is 2.36. The summed E-state index contributed by atoms with van der Waals surface area (Å²) in [5.74, 6) is -3.78. The number of amides is 1. The van der Waals surface area contributed by atoms with Gasteiger partial charge in [0.25, 0.3) is 0 Å². The number of halogens is 3. The van der Waals surface area contributed by atoms with Crippen LogP contribution in [0.4, 0.5) is 18.0 Å². The normalized spacial score (nSPS) is 18.7. The summed E-state index contributed by atoms with van der Waals surface area (Å²) < 4.78 is 83.6. The van der Waals surface area contributed by atoms with Gasteiger partial charge in [-0.25, -0.2) is 40.6 Å². The average Bonchev–Trinajstić information content (AvgIpc) is 2.90. The Labute approximate surface area is 263 Å². The molecular weight excluding hydrogens is 628 g/mol. The number of hydrogen-bond acceptors (Lipinski definition) is 8. The molecule has 0 N–H and O–H groups in total. The summed E-state index contributed by atoms with van der Waals surface area (Å²) in [4.78, 5) is 22.6. The minimum atomic E-state index is -4.18. The van der Waals surface area contributed by atoms with Gasteiger partial charge in [0.15, 0.2) is 0 Å². The van der Waals surface area contributed by atoms with Crippen LogP contribution >= 0.6 is 0 Å². The van der Waals surface area contributed by atoms with E-state index >= 15 is 8.78 Å². The van der Waals surface area contributed by atoms with Crippen molar-refractivity contribution in [2.45, 2.75) is 64.5 Å². The number of pyridine rings is 1. The van der Waals surface area contributed by atoms with E-state index in [4.69, 9.17) is 14.7 Å². The molecule has 2 aromatic rings. The first kappa shape index (κ1) is 35.7. The van der Waals surface area contributed by atoms with Crippen molar-refractivity contribution in [1.82, 2.24) is 14.2 Å². The summed E-state index contributed by atoms with van der Waals surface area (Å²) in [6, 6.07) is 6.63. The van der Waals surface area contributed by atoms with E-state index in [2.05, 4.69) is 29.6 Å². The van der Waals surface area contributed by atoms with Crippen LogP contribution in [-0.2, 0) is 25.0 Å². The molecule has 244 valence electrons. The Morgan fingerprint density at radius 3 is 2.47 bits per heavy atom. The van der Waals surface area contributed by atoms with Crippen LogP contribution in [0, 0.1) is 23.0 Å². The number of guanidine groups is 1. The smallest absolute Gasteiger partial charge is 0.419 e. The molecule has 0 fully saturated rings. The number of carbonyl (C=O) groups excluding carboxylic acids is 1. The van der Waals surface area contributed by atoms with E-state index in [1.54, 1.807) is 26.8 Å². The molecule has 3 rings (SSSR count). The van der Waals surface area contributed by atoms with Gasteiger partial charge in [0.1, 0.15) is 52.7 Å². The maximum absolute atomic E-state index is 15.4. The summed E-state index contributed by atoms with van der Waals surface area (Å²) in [6.07, 6.45) is 0.940. The third-order valence-electron chi connectivity index (χ3n) is 6.66. The molecular formula is C30H38F3N5O5SSi. The van der Waals surface area contributed by atoms with Gasteiger partial charge in [-0.2, -0.15) is 5.26 Å². The molecule has 1 aliphatic rings. The number of carbonyl (C=O) groups is 1. The second kappa shape index (κ2) is 13.3. The van der Waals surface area contributed by atoms with Gasteiger partial charge in [0.05, 0.1) is 5.75 Å². The fourth-order valence-electron chi connectivity index (χ4n) is 4.22. The number of ether oxygens (including phenoxy) is 2. The molecule has 0 saturated heterocycles. The molecule has 0 saturated carbocycles. The number of aromatic nitrogens is 1. The lowest BCUT2D eigenvalue weighted by molar-refractivity contribution is 0.00806. The SMILES string of the molecule is CN1C(N(COCC[Si](C)(C)C)C(=O)OC(C)(C)C)=N[C@](C)(c2cc(/C=C(\F)c3cc(F)c(C#N)cn3)ccc2F)CS1(=O)=O. The van der Waals surface area contributed by atoms with Gasteiger partial charge in [-0.1, -0.05) is 25.7 Å². The van der Waals surface area contributed by atoms with Crippen molar-refractivity contribution >= 4 is 42.1 Å². The maximum Gasteiger partial charge on any atom is 0.419 e. The Hall–Kier alpha value is -3.74. The Kier molecular flexibility index (Phi) is 10.6. The van der Waals surface area contributed by atoms with Crippen LogP contribution in [0.5, 0.6) is 0 Å². The highest BCUT2D eigenvalue weighted by molar-refractivity contribution is 7.89. The first-order valence-electron chi connectivity index (χ1n) is 14.0. The van der Waals surface area contributed by atoms with Crippen LogP contribution in [0.3, 0.4) is 0 Å². The van der Waals surface area contributed by atoms with Gasteiger partial charge in [0, 0.05) is 39.6 Å². The average molecular weight is 666 g/mol. The Bertz CT molecular complexity index is 1670. The van der Waals surface area contributed by atoms with Crippen LogP contribution < -0.4 is 0 Å². The van der Waals surface area contributed by atoms with Crippen molar-refractivity contribution < 1.29 is 35.9 Å². The molecule has 15 heteroatoms. The molecule has 1 amide bonds. The third kappa shape index (κ3) is 9.15. The lowest BCUT2D eigenvalue weighted by Crippen LogP contribution is -2.56. The summed E-state index contributed by atoms with van der Waals surface area (Å²) >= 11 is 0. The van der Waals surface area contributed by atoms with Crippen molar-refractivity contribution in [3.63, 3.8) is 0 Å². The summed E-state index contributed by atoms with van der Waals surface area (Å²) in [5, 5.41) is 8.89. The molecule has 0 radical (unpaired) electrons. The lowest BCUT2D eigenvalue weighted by atomic mass is 9.92. The van der Waals surface area contributed by atoms with Gasteiger partial charge in [-0.05, 0) is 57.5 Å². The number of hydrogen-bond donors (Lipinski definition) is 0. The molecule has 0 unspecified atom stereocenters. The topological polar surface area (TPSA) is 125 Å². The summed E-state index contributed by atoms with van der Waals surface area (Å²) in [5.41, 5.74) is -3.56. The molecule has 1 aliphatic heterocycles. The Morgan fingerprint density at radius 1 is 1.22 bits per heavy atom. The van der Waals surface area contributed by atoms with Crippen LogP contribution in [-0.4, -0.2) is 74.5 Å². The predicted molar refractivity (Wildman–Crippen MR) is 168 cm³/mol. The Balaban J connectivity index is 2.09. The fraction of sp³-hybridized carbons (Fsp3) is 0.467. The first-order chi connectivity index (χ1) is 20.7. The van der Waals surface area contributed by atoms with Gasteiger partial charge in [-0.3, -0.25) is 4.98 Å². The van der Waals surface area contributed by atoms with Gasteiger partial charge >= 0.3 is 6.09 Å². The highest BCUT2D eigenvalue weighted by Gasteiger charge is 2.45. The van der Waals surface area contributed by atoms with E-state index in [9.17, 15) is 17.6 Å². The first-order valence-corrected chi connectivity index (χ1v) is 19.4. The van der Waals surface area contributed by atoms with Crippen molar-refractivity contribution in [1.29, 1.82) is 5.26 Å². The molecule has 10 nitrogen and oxygen atoms in total.